The minimum Gasteiger partial charge on any atom is -0.378 e. The lowest BCUT2D eigenvalue weighted by molar-refractivity contribution is -0.0818. The van der Waals surface area contributed by atoms with Crippen LogP contribution in [0.25, 0.3) is 0 Å². The van der Waals surface area contributed by atoms with Crippen LogP contribution in [-0.4, -0.2) is 12.7 Å². The van der Waals surface area contributed by atoms with Crippen LogP contribution in [-0.2, 0) is 4.74 Å². The molecule has 0 amide bonds. The Hall–Kier alpha value is -0.0400. The van der Waals surface area contributed by atoms with Crippen LogP contribution in [0.15, 0.2) is 0 Å². The number of rotatable bonds is 2. The lowest BCUT2D eigenvalue weighted by Crippen LogP contribution is -2.38. The molecule has 0 unspecified atom stereocenters. The van der Waals surface area contributed by atoms with Gasteiger partial charge >= 0.3 is 0 Å². The van der Waals surface area contributed by atoms with Gasteiger partial charge in [-0.05, 0) is 24.2 Å². The zero-order valence-electron chi connectivity index (χ0n) is 8.89. The lowest BCUT2D eigenvalue weighted by Gasteiger charge is -2.40. The van der Waals surface area contributed by atoms with Gasteiger partial charge in [-0.25, -0.2) is 0 Å². The molecular formula is C11H22O. The van der Waals surface area contributed by atoms with Crippen molar-refractivity contribution in [3.63, 3.8) is 0 Å². The van der Waals surface area contributed by atoms with E-state index in [1.54, 1.807) is 0 Å². The number of hydrogen-bond acceptors (Lipinski definition) is 1. The number of hydrogen-bond donors (Lipinski definition) is 0. The second-order valence-corrected chi connectivity index (χ2v) is 4.85. The van der Waals surface area contributed by atoms with Crippen molar-refractivity contribution >= 4 is 0 Å². The van der Waals surface area contributed by atoms with E-state index < -0.39 is 0 Å². The van der Waals surface area contributed by atoms with Gasteiger partial charge in [0.15, 0.2) is 0 Å². The van der Waals surface area contributed by atoms with Crippen LogP contribution in [0.4, 0.5) is 0 Å². The predicted molar refractivity (Wildman–Crippen MR) is 52.2 cm³/mol. The molecule has 0 aliphatic carbocycles. The maximum absolute atomic E-state index is 5.80. The standard InChI is InChI=1S/C11H22O/c1-5-6-10-7-9(2)11(3,4)8-12-10/h9-10H,5-8H2,1-4H3/t9-,10-/m0/s1. The molecule has 1 heteroatoms. The topological polar surface area (TPSA) is 9.23 Å². The summed E-state index contributed by atoms with van der Waals surface area (Å²) in [5.41, 5.74) is 0.393. The molecule has 0 saturated carbocycles. The summed E-state index contributed by atoms with van der Waals surface area (Å²) in [6, 6.07) is 0. The molecule has 12 heavy (non-hydrogen) atoms. The summed E-state index contributed by atoms with van der Waals surface area (Å²) in [6.45, 7) is 10.1. The minimum atomic E-state index is 0.393. The van der Waals surface area contributed by atoms with Crippen LogP contribution in [0, 0.1) is 11.3 Å². The van der Waals surface area contributed by atoms with Crippen molar-refractivity contribution in [3.05, 3.63) is 0 Å². The van der Waals surface area contributed by atoms with Gasteiger partial charge in [-0.3, -0.25) is 0 Å². The maximum atomic E-state index is 5.80. The van der Waals surface area contributed by atoms with E-state index in [0.29, 0.717) is 11.5 Å². The third-order valence-electron chi connectivity index (χ3n) is 3.25. The smallest absolute Gasteiger partial charge is 0.0578 e. The van der Waals surface area contributed by atoms with E-state index in [1.165, 1.54) is 19.3 Å². The molecule has 1 rings (SSSR count). The second kappa shape index (κ2) is 3.78. The summed E-state index contributed by atoms with van der Waals surface area (Å²) in [5.74, 6) is 0.808. The van der Waals surface area contributed by atoms with Crippen LogP contribution in [0.3, 0.4) is 0 Å². The van der Waals surface area contributed by atoms with Crippen molar-refractivity contribution < 1.29 is 4.74 Å². The van der Waals surface area contributed by atoms with E-state index >= 15 is 0 Å². The summed E-state index contributed by atoms with van der Waals surface area (Å²) < 4.78 is 5.80. The van der Waals surface area contributed by atoms with Crippen molar-refractivity contribution in [2.75, 3.05) is 6.61 Å². The van der Waals surface area contributed by atoms with E-state index in [0.717, 1.165) is 12.5 Å². The Kier molecular flexibility index (Phi) is 3.16. The summed E-state index contributed by atoms with van der Waals surface area (Å²) in [6.07, 6.45) is 4.28. The van der Waals surface area contributed by atoms with Crippen molar-refractivity contribution in [3.8, 4) is 0 Å². The zero-order chi connectivity index (χ0) is 9.19. The zero-order valence-corrected chi connectivity index (χ0v) is 8.89. The van der Waals surface area contributed by atoms with Gasteiger partial charge < -0.3 is 4.74 Å². The monoisotopic (exact) mass is 170 g/mol. The Morgan fingerprint density at radius 1 is 1.42 bits per heavy atom. The van der Waals surface area contributed by atoms with E-state index in [2.05, 4.69) is 27.7 Å². The second-order valence-electron chi connectivity index (χ2n) is 4.85. The van der Waals surface area contributed by atoms with Gasteiger partial charge in [-0.15, -0.1) is 0 Å². The summed E-state index contributed by atoms with van der Waals surface area (Å²) in [5, 5.41) is 0. The molecule has 0 N–H and O–H groups in total. The Bertz CT molecular complexity index is 140. The molecular weight excluding hydrogens is 148 g/mol. The van der Waals surface area contributed by atoms with Gasteiger partial charge in [0.2, 0.25) is 0 Å². The fourth-order valence-corrected chi connectivity index (χ4v) is 1.78. The van der Waals surface area contributed by atoms with Crippen LogP contribution in [0.2, 0.25) is 0 Å². The average Bonchev–Trinajstić information content (AvgIpc) is 1.98. The lowest BCUT2D eigenvalue weighted by atomic mass is 9.75. The predicted octanol–water partition coefficient (Wildman–Crippen LogP) is 3.24. The molecule has 72 valence electrons. The number of ether oxygens (including phenoxy) is 1. The molecule has 0 aromatic rings. The molecule has 2 atom stereocenters. The first-order valence-electron chi connectivity index (χ1n) is 5.18. The normalized spacial score (nSPS) is 35.0. The highest BCUT2D eigenvalue weighted by atomic mass is 16.5. The van der Waals surface area contributed by atoms with Gasteiger partial charge in [0.25, 0.3) is 0 Å². The third-order valence-corrected chi connectivity index (χ3v) is 3.25. The van der Waals surface area contributed by atoms with Crippen LogP contribution in [0.1, 0.15) is 47.0 Å². The molecule has 1 aliphatic heterocycles. The highest BCUT2D eigenvalue weighted by Crippen LogP contribution is 2.36. The van der Waals surface area contributed by atoms with Gasteiger partial charge in [0.1, 0.15) is 0 Å². The first kappa shape index (κ1) is 10.0. The molecule has 0 radical (unpaired) electrons. The fourth-order valence-electron chi connectivity index (χ4n) is 1.78. The molecule has 1 nitrogen and oxygen atoms in total. The molecule has 1 aliphatic rings. The SMILES string of the molecule is CCC[C@H]1C[C@H](C)C(C)(C)CO1. The molecule has 1 fully saturated rings. The van der Waals surface area contributed by atoms with E-state index in [4.69, 9.17) is 4.74 Å². The summed E-state index contributed by atoms with van der Waals surface area (Å²) in [4.78, 5) is 0. The Morgan fingerprint density at radius 2 is 2.08 bits per heavy atom. The molecule has 1 heterocycles. The average molecular weight is 170 g/mol. The van der Waals surface area contributed by atoms with Gasteiger partial charge in [0.05, 0.1) is 12.7 Å². The highest BCUT2D eigenvalue weighted by molar-refractivity contribution is 4.82. The summed E-state index contributed by atoms with van der Waals surface area (Å²) in [7, 11) is 0. The highest BCUT2D eigenvalue weighted by Gasteiger charge is 2.33. The molecule has 1 saturated heterocycles. The van der Waals surface area contributed by atoms with Gasteiger partial charge in [0, 0.05) is 0 Å². The van der Waals surface area contributed by atoms with E-state index in [1.807, 2.05) is 0 Å². The first-order valence-corrected chi connectivity index (χ1v) is 5.18. The third kappa shape index (κ3) is 2.22. The molecule has 0 aromatic carbocycles. The van der Waals surface area contributed by atoms with E-state index in [-0.39, 0.29) is 0 Å². The van der Waals surface area contributed by atoms with Crippen molar-refractivity contribution in [1.29, 1.82) is 0 Å². The van der Waals surface area contributed by atoms with Crippen LogP contribution < -0.4 is 0 Å². The first-order chi connectivity index (χ1) is 5.56. The molecule has 0 spiro atoms. The van der Waals surface area contributed by atoms with Gasteiger partial charge in [-0.1, -0.05) is 34.1 Å². The molecule has 0 aromatic heterocycles. The Morgan fingerprint density at radius 3 is 2.58 bits per heavy atom. The van der Waals surface area contributed by atoms with Gasteiger partial charge in [-0.2, -0.15) is 0 Å². The fraction of sp³-hybridized carbons (Fsp3) is 1.00. The molecule has 0 bridgehead atoms. The van der Waals surface area contributed by atoms with Crippen molar-refractivity contribution in [2.45, 2.75) is 53.1 Å². The van der Waals surface area contributed by atoms with Crippen LogP contribution in [0.5, 0.6) is 0 Å². The van der Waals surface area contributed by atoms with E-state index in [9.17, 15) is 0 Å². The van der Waals surface area contributed by atoms with Crippen molar-refractivity contribution in [1.82, 2.24) is 0 Å². The van der Waals surface area contributed by atoms with Crippen LogP contribution >= 0.6 is 0 Å². The Labute approximate surface area is 76.5 Å². The largest absolute Gasteiger partial charge is 0.378 e. The quantitative estimate of drug-likeness (QED) is 0.618. The summed E-state index contributed by atoms with van der Waals surface area (Å²) >= 11 is 0. The van der Waals surface area contributed by atoms with Crippen molar-refractivity contribution in [2.24, 2.45) is 11.3 Å². The maximum Gasteiger partial charge on any atom is 0.0578 e. The minimum absolute atomic E-state index is 0.393. The Balaban J connectivity index is 2.41.